The number of aromatic nitrogens is 3. The van der Waals surface area contributed by atoms with Gasteiger partial charge in [0.05, 0.1) is 5.69 Å². The molecule has 1 aromatic heterocycles. The Morgan fingerprint density at radius 2 is 1.78 bits per heavy atom. The van der Waals surface area contributed by atoms with Gasteiger partial charge in [0, 0.05) is 19.1 Å². The highest BCUT2D eigenvalue weighted by Gasteiger charge is 2.31. The molecule has 1 fully saturated rings. The number of halogens is 3. The number of piperidine rings is 1. The van der Waals surface area contributed by atoms with Gasteiger partial charge in [0.2, 0.25) is 5.95 Å². The summed E-state index contributed by atoms with van der Waals surface area (Å²) in [6.45, 7) is 1.59. The lowest BCUT2D eigenvalue weighted by Crippen LogP contribution is -2.40. The molecule has 1 aromatic carbocycles. The topological polar surface area (TPSA) is 69.2 Å². The molecule has 0 unspecified atom stereocenters. The van der Waals surface area contributed by atoms with Crippen molar-refractivity contribution in [3.63, 3.8) is 0 Å². The van der Waals surface area contributed by atoms with Crippen molar-refractivity contribution in [2.24, 2.45) is 5.73 Å². The van der Waals surface area contributed by atoms with Crippen LogP contribution >= 0.6 is 0 Å². The molecule has 0 radical (unpaired) electrons. The Labute approximate surface area is 130 Å². The fourth-order valence-corrected chi connectivity index (χ4v) is 2.42. The van der Waals surface area contributed by atoms with Crippen LogP contribution in [-0.2, 0) is 0 Å². The van der Waals surface area contributed by atoms with Gasteiger partial charge in [-0.2, -0.15) is 4.98 Å². The second-order valence-electron chi connectivity index (χ2n) is 5.36. The van der Waals surface area contributed by atoms with Gasteiger partial charge in [-0.05, 0) is 37.1 Å². The fraction of sp³-hybridized carbons (Fsp3) is 0.429. The van der Waals surface area contributed by atoms with Crippen molar-refractivity contribution in [3.8, 4) is 11.4 Å². The molecule has 1 aliphatic heterocycles. The monoisotopic (exact) mass is 327 g/mol. The second kappa shape index (κ2) is 6.07. The van der Waals surface area contributed by atoms with Gasteiger partial charge in [0.15, 0.2) is 0 Å². The molecule has 1 aliphatic rings. The van der Waals surface area contributed by atoms with E-state index in [0.717, 1.165) is 25.9 Å². The number of hydrogen-bond donors (Lipinski definition) is 1. The molecule has 2 aromatic rings. The van der Waals surface area contributed by atoms with E-state index in [2.05, 4.69) is 14.8 Å². The average molecular weight is 327 g/mol. The molecule has 0 atom stereocenters. The Hall–Kier alpha value is -2.29. The number of ether oxygens (including phenoxy) is 1. The van der Waals surface area contributed by atoms with Gasteiger partial charge in [-0.25, -0.2) is 4.68 Å². The molecular formula is C14H16F3N5O. The summed E-state index contributed by atoms with van der Waals surface area (Å²) in [5.41, 5.74) is 6.47. The molecule has 3 rings (SSSR count). The first kappa shape index (κ1) is 15.6. The van der Waals surface area contributed by atoms with Crippen LogP contribution in [0.2, 0.25) is 0 Å². The van der Waals surface area contributed by atoms with E-state index >= 15 is 0 Å². The minimum Gasteiger partial charge on any atom is -0.406 e. The number of nitrogens with zero attached hydrogens (tertiary/aromatic N) is 4. The van der Waals surface area contributed by atoms with Crippen LogP contribution < -0.4 is 15.4 Å². The van der Waals surface area contributed by atoms with Gasteiger partial charge in [0.1, 0.15) is 12.1 Å². The fourth-order valence-electron chi connectivity index (χ4n) is 2.42. The lowest BCUT2D eigenvalue weighted by molar-refractivity contribution is -0.274. The third-order valence-corrected chi connectivity index (χ3v) is 3.64. The molecule has 0 amide bonds. The van der Waals surface area contributed by atoms with Gasteiger partial charge in [0.25, 0.3) is 0 Å². The van der Waals surface area contributed by atoms with Gasteiger partial charge >= 0.3 is 6.36 Å². The predicted molar refractivity (Wildman–Crippen MR) is 77.5 cm³/mol. The highest BCUT2D eigenvalue weighted by Crippen LogP contribution is 2.24. The zero-order chi connectivity index (χ0) is 16.4. The number of nitrogens with two attached hydrogens (primary N) is 1. The lowest BCUT2D eigenvalue weighted by atomic mass is 10.1. The summed E-state index contributed by atoms with van der Waals surface area (Å²) in [5.74, 6) is 0.319. The Morgan fingerprint density at radius 1 is 1.13 bits per heavy atom. The molecule has 23 heavy (non-hydrogen) atoms. The number of rotatable bonds is 3. The lowest BCUT2D eigenvalue weighted by Gasteiger charge is -2.28. The predicted octanol–water partition coefficient (Wildman–Crippen LogP) is 2.09. The first-order valence-electron chi connectivity index (χ1n) is 7.19. The maximum absolute atomic E-state index is 12.1. The maximum Gasteiger partial charge on any atom is 0.573 e. The van der Waals surface area contributed by atoms with E-state index in [9.17, 15) is 13.2 Å². The highest BCUT2D eigenvalue weighted by molar-refractivity contribution is 5.38. The van der Waals surface area contributed by atoms with Gasteiger partial charge < -0.3 is 15.4 Å². The minimum absolute atomic E-state index is 0.217. The van der Waals surface area contributed by atoms with Crippen LogP contribution in [0.15, 0.2) is 30.6 Å². The molecule has 9 heteroatoms. The van der Waals surface area contributed by atoms with Crippen molar-refractivity contribution in [3.05, 3.63) is 30.6 Å². The molecule has 2 heterocycles. The molecule has 124 valence electrons. The zero-order valence-electron chi connectivity index (χ0n) is 12.2. The van der Waals surface area contributed by atoms with Crippen LogP contribution in [0.4, 0.5) is 19.1 Å². The summed E-state index contributed by atoms with van der Waals surface area (Å²) in [5, 5.41) is 4.36. The average Bonchev–Trinajstić information content (AvgIpc) is 2.97. The summed E-state index contributed by atoms with van der Waals surface area (Å²) < 4.78 is 41.8. The van der Waals surface area contributed by atoms with Gasteiger partial charge in [-0.15, -0.1) is 18.3 Å². The van der Waals surface area contributed by atoms with E-state index < -0.39 is 6.36 Å². The molecule has 2 N–H and O–H groups in total. The van der Waals surface area contributed by atoms with Crippen LogP contribution in [0.25, 0.3) is 5.69 Å². The van der Waals surface area contributed by atoms with E-state index in [1.54, 1.807) is 0 Å². The van der Waals surface area contributed by atoms with Crippen molar-refractivity contribution in [1.29, 1.82) is 0 Å². The van der Waals surface area contributed by atoms with E-state index in [0.29, 0.717) is 11.6 Å². The third kappa shape index (κ3) is 3.92. The van der Waals surface area contributed by atoms with Crippen molar-refractivity contribution in [2.75, 3.05) is 18.0 Å². The van der Waals surface area contributed by atoms with Crippen LogP contribution in [0.3, 0.4) is 0 Å². The molecular weight excluding hydrogens is 311 g/mol. The van der Waals surface area contributed by atoms with E-state index in [4.69, 9.17) is 5.73 Å². The van der Waals surface area contributed by atoms with Crippen LogP contribution in [0.1, 0.15) is 12.8 Å². The smallest absolute Gasteiger partial charge is 0.406 e. The van der Waals surface area contributed by atoms with Crippen molar-refractivity contribution < 1.29 is 17.9 Å². The molecule has 1 saturated heterocycles. The van der Waals surface area contributed by atoms with Crippen molar-refractivity contribution >= 4 is 5.95 Å². The quantitative estimate of drug-likeness (QED) is 0.935. The van der Waals surface area contributed by atoms with E-state index in [-0.39, 0.29) is 11.8 Å². The van der Waals surface area contributed by atoms with Crippen LogP contribution in [-0.4, -0.2) is 40.3 Å². The van der Waals surface area contributed by atoms with Crippen LogP contribution in [0, 0.1) is 0 Å². The Bertz CT molecular complexity index is 647. The van der Waals surface area contributed by atoms with Crippen molar-refractivity contribution in [2.45, 2.75) is 25.2 Å². The van der Waals surface area contributed by atoms with Gasteiger partial charge in [-0.1, -0.05) is 0 Å². The second-order valence-corrected chi connectivity index (χ2v) is 5.36. The van der Waals surface area contributed by atoms with Crippen LogP contribution in [0.5, 0.6) is 5.75 Å². The number of anilines is 1. The highest BCUT2D eigenvalue weighted by atomic mass is 19.4. The third-order valence-electron chi connectivity index (χ3n) is 3.64. The zero-order valence-corrected chi connectivity index (χ0v) is 12.2. The minimum atomic E-state index is -4.70. The Morgan fingerprint density at radius 3 is 2.39 bits per heavy atom. The molecule has 0 aliphatic carbocycles. The summed E-state index contributed by atoms with van der Waals surface area (Å²) >= 11 is 0. The standard InChI is InChI=1S/C14H16F3N5O/c15-14(16,17)23-12-3-1-11(2-4-12)22-9-19-13(20-22)21-7-5-10(18)6-8-21/h1-4,9-10H,5-8,18H2. The summed E-state index contributed by atoms with van der Waals surface area (Å²) in [6.07, 6.45) is -1.39. The molecule has 0 bridgehead atoms. The number of benzene rings is 1. The Balaban J connectivity index is 1.70. The Kier molecular flexibility index (Phi) is 4.12. The SMILES string of the molecule is NC1CCN(c2ncn(-c3ccc(OC(F)(F)F)cc3)n2)CC1. The summed E-state index contributed by atoms with van der Waals surface area (Å²) in [7, 11) is 0. The molecule has 0 spiro atoms. The molecule has 0 saturated carbocycles. The summed E-state index contributed by atoms with van der Waals surface area (Å²) in [6, 6.07) is 5.68. The van der Waals surface area contributed by atoms with Gasteiger partial charge in [-0.3, -0.25) is 0 Å². The normalized spacial score (nSPS) is 16.6. The first-order chi connectivity index (χ1) is 10.9. The van der Waals surface area contributed by atoms with E-state index in [1.807, 2.05) is 4.90 Å². The largest absolute Gasteiger partial charge is 0.573 e. The summed E-state index contributed by atoms with van der Waals surface area (Å²) in [4.78, 5) is 6.29. The first-order valence-corrected chi connectivity index (χ1v) is 7.19. The number of alkyl halides is 3. The number of hydrogen-bond acceptors (Lipinski definition) is 5. The van der Waals surface area contributed by atoms with E-state index in [1.165, 1.54) is 35.3 Å². The molecule has 6 nitrogen and oxygen atoms in total. The van der Waals surface area contributed by atoms with Crippen molar-refractivity contribution in [1.82, 2.24) is 14.8 Å². The maximum atomic E-state index is 12.1.